The average molecular weight is 435 g/mol. The first-order valence-electron chi connectivity index (χ1n) is 11.3. The minimum absolute atomic E-state index is 0.0416. The molecular weight excluding hydrogens is 400 g/mol. The lowest BCUT2D eigenvalue weighted by atomic mass is 10.0. The smallest absolute Gasteiger partial charge is 0.173 e. The fourth-order valence-electron chi connectivity index (χ4n) is 4.46. The van der Waals surface area contributed by atoms with E-state index in [4.69, 9.17) is 4.74 Å². The standard InChI is InChI=1S/C25H34N6O/c1-18-10-11-19(2)22(16-18)29-12-14-30(15-13-29)23(20-8-7-9-21(17-20)32-6)24-26-27-28-31(24)25(3,4)5/h7-11,16-17,23H,12-15H2,1-6H3. The van der Waals surface area contributed by atoms with Gasteiger partial charge in [-0.2, -0.15) is 0 Å². The van der Waals surface area contributed by atoms with E-state index in [0.717, 1.165) is 43.3 Å². The van der Waals surface area contributed by atoms with Gasteiger partial charge in [-0.05, 0) is 79.9 Å². The molecule has 1 aliphatic heterocycles. The molecule has 0 aliphatic carbocycles. The lowest BCUT2D eigenvalue weighted by Gasteiger charge is -2.41. The average Bonchev–Trinajstić information content (AvgIpc) is 3.26. The van der Waals surface area contributed by atoms with E-state index in [0.29, 0.717) is 0 Å². The van der Waals surface area contributed by atoms with Crippen LogP contribution in [0.25, 0.3) is 0 Å². The van der Waals surface area contributed by atoms with Crippen molar-refractivity contribution >= 4 is 5.69 Å². The summed E-state index contributed by atoms with van der Waals surface area (Å²) in [6.45, 7) is 14.5. The van der Waals surface area contributed by atoms with E-state index in [1.54, 1.807) is 7.11 Å². The van der Waals surface area contributed by atoms with Crippen LogP contribution < -0.4 is 9.64 Å². The summed E-state index contributed by atoms with van der Waals surface area (Å²) in [6, 6.07) is 14.9. The van der Waals surface area contributed by atoms with Crippen molar-refractivity contribution in [1.29, 1.82) is 0 Å². The molecule has 1 atom stereocenters. The van der Waals surface area contributed by atoms with Gasteiger partial charge < -0.3 is 9.64 Å². The molecular formula is C25H34N6O. The van der Waals surface area contributed by atoms with Gasteiger partial charge in [-0.25, -0.2) is 4.68 Å². The van der Waals surface area contributed by atoms with Gasteiger partial charge in [-0.15, -0.1) is 5.10 Å². The van der Waals surface area contributed by atoms with Crippen LogP contribution in [0.4, 0.5) is 5.69 Å². The first-order valence-corrected chi connectivity index (χ1v) is 11.3. The molecule has 2 aromatic carbocycles. The molecule has 2 heterocycles. The molecule has 1 saturated heterocycles. The number of methoxy groups -OCH3 is 1. The Labute approximate surface area is 191 Å². The Balaban J connectivity index is 1.66. The Hall–Kier alpha value is -2.93. The lowest BCUT2D eigenvalue weighted by Crippen LogP contribution is -2.49. The molecule has 3 aromatic rings. The summed E-state index contributed by atoms with van der Waals surface area (Å²) in [4.78, 5) is 4.98. The van der Waals surface area contributed by atoms with Crippen molar-refractivity contribution in [3.05, 3.63) is 65.0 Å². The van der Waals surface area contributed by atoms with Crippen molar-refractivity contribution in [2.45, 2.75) is 46.2 Å². The zero-order chi connectivity index (χ0) is 22.9. The SMILES string of the molecule is COc1cccc(C(c2nnnn2C(C)(C)C)N2CCN(c3cc(C)ccc3C)CC2)c1. The maximum absolute atomic E-state index is 5.52. The number of hydrogen-bond acceptors (Lipinski definition) is 6. The van der Waals surface area contributed by atoms with Crippen LogP contribution in [0.1, 0.15) is 49.3 Å². The molecule has 0 N–H and O–H groups in total. The van der Waals surface area contributed by atoms with Crippen LogP contribution in [-0.2, 0) is 5.54 Å². The number of rotatable bonds is 5. The number of anilines is 1. The summed E-state index contributed by atoms with van der Waals surface area (Å²) in [5.41, 5.74) is 4.89. The number of benzene rings is 2. The van der Waals surface area contributed by atoms with Crippen molar-refractivity contribution in [2.75, 3.05) is 38.2 Å². The molecule has 0 saturated carbocycles. The van der Waals surface area contributed by atoms with E-state index in [2.05, 4.69) is 90.3 Å². The van der Waals surface area contributed by atoms with Crippen molar-refractivity contribution < 1.29 is 4.74 Å². The summed E-state index contributed by atoms with van der Waals surface area (Å²) in [6.07, 6.45) is 0. The number of aryl methyl sites for hydroxylation is 2. The van der Waals surface area contributed by atoms with Gasteiger partial charge >= 0.3 is 0 Å². The zero-order valence-electron chi connectivity index (χ0n) is 20.0. The van der Waals surface area contributed by atoms with Crippen LogP contribution in [0.3, 0.4) is 0 Å². The molecule has 7 nitrogen and oxygen atoms in total. The number of ether oxygens (including phenoxy) is 1. The second-order valence-corrected chi connectivity index (χ2v) is 9.61. The van der Waals surface area contributed by atoms with Crippen LogP contribution in [0, 0.1) is 13.8 Å². The predicted molar refractivity (Wildman–Crippen MR) is 127 cm³/mol. The highest BCUT2D eigenvalue weighted by Crippen LogP contribution is 2.33. The number of tetrazole rings is 1. The summed E-state index contributed by atoms with van der Waals surface area (Å²) < 4.78 is 7.47. The van der Waals surface area contributed by atoms with Crippen molar-refractivity contribution in [2.24, 2.45) is 0 Å². The minimum atomic E-state index is -0.212. The predicted octanol–water partition coefficient (Wildman–Crippen LogP) is 3.97. The van der Waals surface area contributed by atoms with Gasteiger partial charge in [-0.1, -0.05) is 24.3 Å². The summed E-state index contributed by atoms with van der Waals surface area (Å²) in [5.74, 6) is 1.71. The van der Waals surface area contributed by atoms with Gasteiger partial charge in [0.2, 0.25) is 0 Å². The number of piperazine rings is 1. The molecule has 0 bridgehead atoms. The Morgan fingerprint density at radius 2 is 1.72 bits per heavy atom. The number of nitrogens with zero attached hydrogens (tertiary/aromatic N) is 6. The summed E-state index contributed by atoms with van der Waals surface area (Å²) in [5, 5.41) is 12.9. The first-order chi connectivity index (χ1) is 15.3. The van der Waals surface area contributed by atoms with Crippen molar-refractivity contribution in [3.63, 3.8) is 0 Å². The van der Waals surface area contributed by atoms with E-state index in [1.807, 2.05) is 16.8 Å². The molecule has 0 amide bonds. The molecule has 1 unspecified atom stereocenters. The third-order valence-electron chi connectivity index (χ3n) is 6.17. The third kappa shape index (κ3) is 4.48. The van der Waals surface area contributed by atoms with Gasteiger partial charge in [0.05, 0.1) is 18.7 Å². The van der Waals surface area contributed by atoms with E-state index in [1.165, 1.54) is 16.8 Å². The van der Waals surface area contributed by atoms with Gasteiger partial charge in [0.15, 0.2) is 5.82 Å². The van der Waals surface area contributed by atoms with E-state index < -0.39 is 0 Å². The molecule has 32 heavy (non-hydrogen) atoms. The molecule has 4 rings (SSSR count). The molecule has 1 aliphatic rings. The van der Waals surface area contributed by atoms with Crippen LogP contribution in [-0.4, -0.2) is 58.4 Å². The fraction of sp³-hybridized carbons (Fsp3) is 0.480. The highest BCUT2D eigenvalue weighted by atomic mass is 16.5. The quantitative estimate of drug-likeness (QED) is 0.606. The lowest BCUT2D eigenvalue weighted by molar-refractivity contribution is 0.191. The molecule has 7 heteroatoms. The van der Waals surface area contributed by atoms with E-state index in [9.17, 15) is 0 Å². The topological polar surface area (TPSA) is 59.3 Å². The molecule has 1 aromatic heterocycles. The first kappa shape index (κ1) is 22.3. The largest absolute Gasteiger partial charge is 0.497 e. The monoisotopic (exact) mass is 434 g/mol. The van der Waals surface area contributed by atoms with Gasteiger partial charge in [-0.3, -0.25) is 4.90 Å². The zero-order valence-corrected chi connectivity index (χ0v) is 20.0. The highest BCUT2D eigenvalue weighted by Gasteiger charge is 2.33. The summed E-state index contributed by atoms with van der Waals surface area (Å²) in [7, 11) is 1.70. The van der Waals surface area contributed by atoms with E-state index >= 15 is 0 Å². The van der Waals surface area contributed by atoms with Crippen molar-refractivity contribution in [3.8, 4) is 5.75 Å². The Bertz CT molecular complexity index is 1060. The Kier molecular flexibility index (Phi) is 6.20. The Morgan fingerprint density at radius 1 is 0.969 bits per heavy atom. The molecule has 0 radical (unpaired) electrons. The van der Waals surface area contributed by atoms with Crippen molar-refractivity contribution in [1.82, 2.24) is 25.1 Å². The van der Waals surface area contributed by atoms with Crippen LogP contribution in [0.2, 0.25) is 0 Å². The fourth-order valence-corrected chi connectivity index (χ4v) is 4.46. The van der Waals surface area contributed by atoms with Crippen LogP contribution in [0.15, 0.2) is 42.5 Å². The summed E-state index contributed by atoms with van der Waals surface area (Å²) >= 11 is 0. The van der Waals surface area contributed by atoms with Gasteiger partial charge in [0, 0.05) is 31.9 Å². The molecule has 1 fully saturated rings. The molecule has 0 spiro atoms. The highest BCUT2D eigenvalue weighted by molar-refractivity contribution is 5.55. The Morgan fingerprint density at radius 3 is 2.41 bits per heavy atom. The normalized spacial score (nSPS) is 16.2. The number of hydrogen-bond donors (Lipinski definition) is 0. The maximum Gasteiger partial charge on any atom is 0.173 e. The minimum Gasteiger partial charge on any atom is -0.497 e. The molecule has 170 valence electrons. The van der Waals surface area contributed by atoms with Crippen LogP contribution >= 0.6 is 0 Å². The maximum atomic E-state index is 5.52. The third-order valence-corrected chi connectivity index (χ3v) is 6.17. The second-order valence-electron chi connectivity index (χ2n) is 9.61. The van der Waals surface area contributed by atoms with Gasteiger partial charge in [0.1, 0.15) is 5.75 Å². The number of aromatic nitrogens is 4. The second kappa shape index (κ2) is 8.90. The van der Waals surface area contributed by atoms with Crippen LogP contribution in [0.5, 0.6) is 5.75 Å². The van der Waals surface area contributed by atoms with E-state index in [-0.39, 0.29) is 11.6 Å². The van der Waals surface area contributed by atoms with Gasteiger partial charge in [0.25, 0.3) is 0 Å².